The third-order valence-electron chi connectivity index (χ3n) is 6.53. The van der Waals surface area contributed by atoms with Crippen LogP contribution < -0.4 is 5.32 Å². The summed E-state index contributed by atoms with van der Waals surface area (Å²) in [7, 11) is 0. The maximum absolute atomic E-state index is 3.57. The lowest BCUT2D eigenvalue weighted by Gasteiger charge is -2.54. The van der Waals surface area contributed by atoms with Crippen molar-refractivity contribution >= 4 is 5.69 Å². The molecule has 2 heteroatoms. The normalized spacial score (nSPS) is 29.1. The Labute approximate surface area is 145 Å². The minimum absolute atomic E-state index is 0.350. The molecular weight excluding hydrogens is 292 g/mol. The molecule has 2 nitrogen and oxygen atoms in total. The first-order valence-electron chi connectivity index (χ1n) is 9.30. The SMILES string of the molecule is C[C@@H]1[C@@H]2Cc3ccccc3[C@]1(C)CCN2CCNc1ccccc1. The van der Waals surface area contributed by atoms with Crippen LogP contribution >= 0.6 is 0 Å². The second-order valence-corrected chi connectivity index (χ2v) is 7.71. The molecule has 0 radical (unpaired) electrons. The zero-order valence-corrected chi connectivity index (χ0v) is 14.8. The summed E-state index contributed by atoms with van der Waals surface area (Å²) < 4.78 is 0. The van der Waals surface area contributed by atoms with Crippen molar-refractivity contribution in [3.63, 3.8) is 0 Å². The molecule has 0 saturated carbocycles. The second-order valence-electron chi connectivity index (χ2n) is 7.71. The fourth-order valence-corrected chi connectivity index (χ4v) is 4.85. The van der Waals surface area contributed by atoms with Gasteiger partial charge in [0, 0.05) is 24.8 Å². The van der Waals surface area contributed by atoms with E-state index in [1.807, 2.05) is 0 Å². The molecule has 4 rings (SSSR count). The van der Waals surface area contributed by atoms with Crippen molar-refractivity contribution in [1.29, 1.82) is 0 Å². The molecule has 2 aromatic carbocycles. The van der Waals surface area contributed by atoms with Gasteiger partial charge in [0.25, 0.3) is 0 Å². The summed E-state index contributed by atoms with van der Waals surface area (Å²) >= 11 is 0. The number of likely N-dealkylation sites (tertiary alicyclic amines) is 1. The molecule has 3 atom stereocenters. The largest absolute Gasteiger partial charge is 0.384 e. The number of para-hydroxylation sites is 1. The van der Waals surface area contributed by atoms with Gasteiger partial charge in [-0.05, 0) is 54.0 Å². The van der Waals surface area contributed by atoms with Gasteiger partial charge in [0.05, 0.1) is 0 Å². The zero-order chi connectivity index (χ0) is 16.6. The number of hydrogen-bond donors (Lipinski definition) is 1. The van der Waals surface area contributed by atoms with E-state index in [-0.39, 0.29) is 0 Å². The minimum Gasteiger partial charge on any atom is -0.384 e. The molecule has 0 unspecified atom stereocenters. The molecule has 1 heterocycles. The maximum Gasteiger partial charge on any atom is 0.0340 e. The van der Waals surface area contributed by atoms with Crippen LogP contribution in [0.2, 0.25) is 0 Å². The first-order valence-corrected chi connectivity index (χ1v) is 9.30. The van der Waals surface area contributed by atoms with Gasteiger partial charge in [0.2, 0.25) is 0 Å². The monoisotopic (exact) mass is 320 g/mol. The lowest BCUT2D eigenvalue weighted by Crippen LogP contribution is -2.58. The predicted molar refractivity (Wildman–Crippen MR) is 102 cm³/mol. The lowest BCUT2D eigenvalue weighted by atomic mass is 9.59. The molecule has 1 aliphatic carbocycles. The summed E-state index contributed by atoms with van der Waals surface area (Å²) in [5, 5.41) is 3.57. The predicted octanol–water partition coefficient (Wildman–Crippen LogP) is 4.32. The minimum atomic E-state index is 0.350. The molecular formula is C22H28N2. The average Bonchev–Trinajstić information content (AvgIpc) is 2.61. The highest BCUT2D eigenvalue weighted by Crippen LogP contribution is 2.48. The van der Waals surface area contributed by atoms with Gasteiger partial charge in [-0.15, -0.1) is 0 Å². The Kier molecular flexibility index (Phi) is 4.09. The van der Waals surface area contributed by atoms with Crippen molar-refractivity contribution in [2.24, 2.45) is 5.92 Å². The molecule has 1 fully saturated rings. The Bertz CT molecular complexity index is 696. The second kappa shape index (κ2) is 6.25. The highest BCUT2D eigenvalue weighted by Gasteiger charge is 2.47. The number of fused-ring (bicyclic) bond motifs is 4. The van der Waals surface area contributed by atoms with E-state index in [1.54, 1.807) is 11.1 Å². The van der Waals surface area contributed by atoms with E-state index in [9.17, 15) is 0 Å². The van der Waals surface area contributed by atoms with Gasteiger partial charge in [-0.3, -0.25) is 4.90 Å². The van der Waals surface area contributed by atoms with Crippen LogP contribution in [0.4, 0.5) is 5.69 Å². The van der Waals surface area contributed by atoms with E-state index in [2.05, 4.69) is 78.7 Å². The van der Waals surface area contributed by atoms with Crippen LogP contribution in [0.25, 0.3) is 0 Å². The standard InChI is InChI=1S/C22H28N2/c1-17-21-16-18-8-6-7-11-20(18)22(17,2)12-14-24(21)15-13-23-19-9-4-3-5-10-19/h3-11,17,21,23H,12-16H2,1-2H3/t17-,21+,22-/m1/s1. The van der Waals surface area contributed by atoms with Crippen LogP contribution in [0.3, 0.4) is 0 Å². The summed E-state index contributed by atoms with van der Waals surface area (Å²) in [6.07, 6.45) is 2.48. The van der Waals surface area contributed by atoms with Gasteiger partial charge < -0.3 is 5.32 Å². The van der Waals surface area contributed by atoms with Crippen molar-refractivity contribution in [1.82, 2.24) is 4.90 Å². The number of nitrogens with zero attached hydrogens (tertiary/aromatic N) is 1. The van der Waals surface area contributed by atoms with E-state index in [1.165, 1.54) is 25.1 Å². The first kappa shape index (κ1) is 15.7. The van der Waals surface area contributed by atoms with E-state index in [0.29, 0.717) is 11.5 Å². The van der Waals surface area contributed by atoms with Gasteiger partial charge >= 0.3 is 0 Å². The van der Waals surface area contributed by atoms with Crippen molar-refractivity contribution < 1.29 is 0 Å². The van der Waals surface area contributed by atoms with Crippen molar-refractivity contribution in [2.75, 3.05) is 25.0 Å². The molecule has 2 aromatic rings. The Morgan fingerprint density at radius 1 is 1.08 bits per heavy atom. The van der Waals surface area contributed by atoms with Gasteiger partial charge in [0.1, 0.15) is 0 Å². The fraction of sp³-hybridized carbons (Fsp3) is 0.455. The third-order valence-corrected chi connectivity index (χ3v) is 6.53. The van der Waals surface area contributed by atoms with E-state index in [0.717, 1.165) is 19.0 Å². The van der Waals surface area contributed by atoms with E-state index in [4.69, 9.17) is 0 Å². The van der Waals surface area contributed by atoms with Gasteiger partial charge in [-0.2, -0.15) is 0 Å². The van der Waals surface area contributed by atoms with E-state index < -0.39 is 0 Å². The molecule has 1 N–H and O–H groups in total. The molecule has 2 bridgehead atoms. The number of rotatable bonds is 4. The molecule has 1 aliphatic heterocycles. The van der Waals surface area contributed by atoms with Gasteiger partial charge in [-0.1, -0.05) is 56.3 Å². The van der Waals surface area contributed by atoms with Crippen molar-refractivity contribution in [2.45, 2.75) is 38.1 Å². The third kappa shape index (κ3) is 2.63. The van der Waals surface area contributed by atoms with E-state index >= 15 is 0 Å². The highest BCUT2D eigenvalue weighted by atomic mass is 15.2. The quantitative estimate of drug-likeness (QED) is 0.902. The number of anilines is 1. The zero-order valence-electron chi connectivity index (χ0n) is 14.8. The van der Waals surface area contributed by atoms with Crippen LogP contribution in [-0.4, -0.2) is 30.6 Å². The first-order chi connectivity index (χ1) is 11.7. The smallest absolute Gasteiger partial charge is 0.0340 e. The molecule has 2 aliphatic rings. The van der Waals surface area contributed by atoms with Crippen molar-refractivity contribution in [3.8, 4) is 0 Å². The van der Waals surface area contributed by atoms with Crippen LogP contribution in [0.5, 0.6) is 0 Å². The van der Waals surface area contributed by atoms with Crippen LogP contribution in [-0.2, 0) is 11.8 Å². The lowest BCUT2D eigenvalue weighted by molar-refractivity contribution is 0.0344. The fourth-order valence-electron chi connectivity index (χ4n) is 4.85. The number of hydrogen-bond acceptors (Lipinski definition) is 2. The average molecular weight is 320 g/mol. The summed E-state index contributed by atoms with van der Waals surface area (Å²) in [5.74, 6) is 0.720. The number of nitrogens with one attached hydrogen (secondary N) is 1. The Morgan fingerprint density at radius 3 is 2.67 bits per heavy atom. The molecule has 1 saturated heterocycles. The summed E-state index contributed by atoms with van der Waals surface area (Å²) in [5.41, 5.74) is 4.75. The summed E-state index contributed by atoms with van der Waals surface area (Å²) in [4.78, 5) is 2.72. The highest BCUT2D eigenvalue weighted by molar-refractivity contribution is 5.42. The molecule has 0 aromatic heterocycles. The van der Waals surface area contributed by atoms with Gasteiger partial charge in [0.15, 0.2) is 0 Å². The maximum atomic E-state index is 3.57. The molecule has 0 amide bonds. The summed E-state index contributed by atoms with van der Waals surface area (Å²) in [6.45, 7) is 8.32. The Balaban J connectivity index is 1.47. The topological polar surface area (TPSA) is 15.3 Å². The molecule has 0 spiro atoms. The van der Waals surface area contributed by atoms with Crippen LogP contribution in [0.15, 0.2) is 54.6 Å². The van der Waals surface area contributed by atoms with Crippen LogP contribution in [0, 0.1) is 5.92 Å². The van der Waals surface area contributed by atoms with Crippen LogP contribution in [0.1, 0.15) is 31.4 Å². The molecule has 126 valence electrons. The number of piperidine rings is 1. The summed E-state index contributed by atoms with van der Waals surface area (Å²) in [6, 6.07) is 20.4. The Hall–Kier alpha value is -1.80. The number of benzene rings is 2. The Morgan fingerprint density at radius 2 is 1.83 bits per heavy atom. The van der Waals surface area contributed by atoms with Crippen molar-refractivity contribution in [3.05, 3.63) is 65.7 Å². The molecule has 24 heavy (non-hydrogen) atoms. The van der Waals surface area contributed by atoms with Gasteiger partial charge in [-0.25, -0.2) is 0 Å².